The zero-order chi connectivity index (χ0) is 16.9. The Hall–Kier alpha value is -3.22. The largest absolute Gasteiger partial charge is 0.463 e. The zero-order valence-electron chi connectivity index (χ0n) is 12.6. The third-order valence-corrected chi connectivity index (χ3v) is 3.34. The van der Waals surface area contributed by atoms with Crippen LogP contribution in [0.3, 0.4) is 0 Å². The fraction of sp³-hybridized carbons (Fsp3) is 0.118. The molecule has 1 amide bonds. The lowest BCUT2D eigenvalue weighted by atomic mass is 10.2. The van der Waals surface area contributed by atoms with E-state index in [1.165, 1.54) is 35.2 Å². The number of aromatic nitrogens is 2. The number of amides is 1. The maximum Gasteiger partial charge on any atom is 0.266 e. The molecule has 1 aromatic carbocycles. The highest BCUT2D eigenvalue weighted by Crippen LogP contribution is 2.14. The molecule has 2 heterocycles. The molecule has 0 atom stereocenters. The molecule has 0 bridgehead atoms. The zero-order valence-corrected chi connectivity index (χ0v) is 12.6. The maximum atomic E-state index is 13.1. The molecular weight excluding hydrogens is 313 g/mol. The predicted octanol–water partition coefficient (Wildman–Crippen LogP) is 2.07. The number of nitrogens with zero attached hydrogens (tertiary/aromatic N) is 2. The van der Waals surface area contributed by atoms with E-state index in [9.17, 15) is 14.0 Å². The van der Waals surface area contributed by atoms with Gasteiger partial charge in [0.25, 0.3) is 11.5 Å². The lowest BCUT2D eigenvalue weighted by molar-refractivity contribution is 0.0951. The van der Waals surface area contributed by atoms with Gasteiger partial charge in [-0.15, -0.1) is 0 Å². The van der Waals surface area contributed by atoms with Crippen molar-refractivity contribution in [3.05, 3.63) is 76.5 Å². The molecule has 0 radical (unpaired) electrons. The number of nitrogens with one attached hydrogen (secondary N) is 1. The van der Waals surface area contributed by atoms with Crippen molar-refractivity contribution >= 4 is 5.91 Å². The third-order valence-electron chi connectivity index (χ3n) is 3.34. The standard InChI is InChI=1S/C17H14FN3O3/c18-13-4-1-3-12(11-13)17(23)19-8-9-21-16(22)7-6-14(20-21)15-5-2-10-24-15/h1-7,10-11H,8-9H2,(H,19,23). The quantitative estimate of drug-likeness (QED) is 0.778. The summed E-state index contributed by atoms with van der Waals surface area (Å²) in [6.45, 7) is 0.373. The number of furan rings is 1. The van der Waals surface area contributed by atoms with Crippen LogP contribution >= 0.6 is 0 Å². The van der Waals surface area contributed by atoms with E-state index in [4.69, 9.17) is 4.42 Å². The number of hydrogen-bond acceptors (Lipinski definition) is 4. The highest BCUT2D eigenvalue weighted by atomic mass is 19.1. The minimum absolute atomic E-state index is 0.184. The number of benzene rings is 1. The molecule has 0 saturated carbocycles. The van der Waals surface area contributed by atoms with E-state index in [-0.39, 0.29) is 24.2 Å². The van der Waals surface area contributed by atoms with Crippen molar-refractivity contribution in [3.8, 4) is 11.5 Å². The summed E-state index contributed by atoms with van der Waals surface area (Å²) >= 11 is 0. The summed E-state index contributed by atoms with van der Waals surface area (Å²) in [6, 6.07) is 11.8. The van der Waals surface area contributed by atoms with Crippen molar-refractivity contribution in [2.75, 3.05) is 6.54 Å². The van der Waals surface area contributed by atoms with Crippen molar-refractivity contribution in [2.24, 2.45) is 0 Å². The smallest absolute Gasteiger partial charge is 0.266 e. The van der Waals surface area contributed by atoms with E-state index < -0.39 is 11.7 Å². The van der Waals surface area contributed by atoms with Gasteiger partial charge in [0.1, 0.15) is 11.5 Å². The van der Waals surface area contributed by atoms with E-state index in [1.54, 1.807) is 18.2 Å². The Kier molecular flexibility index (Phi) is 4.51. The molecule has 0 saturated heterocycles. The van der Waals surface area contributed by atoms with Crippen LogP contribution in [0, 0.1) is 5.82 Å². The second-order valence-electron chi connectivity index (χ2n) is 5.02. The molecule has 2 aromatic heterocycles. The molecule has 0 aliphatic rings. The van der Waals surface area contributed by atoms with Gasteiger partial charge in [0.05, 0.1) is 12.8 Å². The van der Waals surface area contributed by atoms with Crippen LogP contribution in [0.1, 0.15) is 10.4 Å². The number of hydrogen-bond donors (Lipinski definition) is 1. The van der Waals surface area contributed by atoms with Crippen LogP contribution in [0.25, 0.3) is 11.5 Å². The second kappa shape index (κ2) is 6.91. The topological polar surface area (TPSA) is 77.1 Å². The fourth-order valence-electron chi connectivity index (χ4n) is 2.17. The number of halogens is 1. The molecule has 0 aliphatic heterocycles. The molecular formula is C17H14FN3O3. The third kappa shape index (κ3) is 3.57. The lowest BCUT2D eigenvalue weighted by Crippen LogP contribution is -2.32. The van der Waals surface area contributed by atoms with Crippen LogP contribution in [0.5, 0.6) is 0 Å². The number of carbonyl (C=O) groups excluding carboxylic acids is 1. The molecule has 3 rings (SSSR count). The minimum atomic E-state index is -0.480. The maximum absolute atomic E-state index is 13.1. The summed E-state index contributed by atoms with van der Waals surface area (Å²) in [5, 5.41) is 6.82. The van der Waals surface area contributed by atoms with Crippen molar-refractivity contribution in [2.45, 2.75) is 6.54 Å². The van der Waals surface area contributed by atoms with Crippen molar-refractivity contribution in [3.63, 3.8) is 0 Å². The van der Waals surface area contributed by atoms with Crippen molar-refractivity contribution in [1.29, 1.82) is 0 Å². The normalized spacial score (nSPS) is 10.5. The minimum Gasteiger partial charge on any atom is -0.463 e. The molecule has 0 unspecified atom stereocenters. The molecule has 0 spiro atoms. The first kappa shape index (κ1) is 15.7. The van der Waals surface area contributed by atoms with E-state index in [2.05, 4.69) is 10.4 Å². The highest BCUT2D eigenvalue weighted by molar-refractivity contribution is 5.94. The van der Waals surface area contributed by atoms with Gasteiger partial charge in [0.15, 0.2) is 5.76 Å². The van der Waals surface area contributed by atoms with Gasteiger partial charge in [0.2, 0.25) is 0 Å². The average molecular weight is 327 g/mol. The van der Waals surface area contributed by atoms with Crippen LogP contribution in [0.4, 0.5) is 4.39 Å². The van der Waals surface area contributed by atoms with Gasteiger partial charge < -0.3 is 9.73 Å². The molecule has 122 valence electrons. The Morgan fingerprint density at radius 2 is 2.08 bits per heavy atom. The van der Waals surface area contributed by atoms with E-state index in [0.29, 0.717) is 11.5 Å². The van der Waals surface area contributed by atoms with Crippen molar-refractivity contribution < 1.29 is 13.6 Å². The van der Waals surface area contributed by atoms with Gasteiger partial charge in [-0.05, 0) is 36.4 Å². The lowest BCUT2D eigenvalue weighted by Gasteiger charge is -2.08. The number of rotatable bonds is 5. The highest BCUT2D eigenvalue weighted by Gasteiger charge is 2.08. The molecule has 24 heavy (non-hydrogen) atoms. The Balaban J connectivity index is 1.65. The van der Waals surface area contributed by atoms with Gasteiger partial charge in [-0.3, -0.25) is 9.59 Å². The average Bonchev–Trinajstić information content (AvgIpc) is 3.11. The Morgan fingerprint density at radius 1 is 1.21 bits per heavy atom. The summed E-state index contributed by atoms with van der Waals surface area (Å²) in [7, 11) is 0. The first-order valence-electron chi connectivity index (χ1n) is 7.29. The van der Waals surface area contributed by atoms with Gasteiger partial charge >= 0.3 is 0 Å². The first-order chi connectivity index (χ1) is 11.6. The summed E-state index contributed by atoms with van der Waals surface area (Å²) in [5.74, 6) is -0.344. The van der Waals surface area contributed by atoms with Gasteiger partial charge in [0, 0.05) is 18.2 Å². The van der Waals surface area contributed by atoms with Gasteiger partial charge in [-0.2, -0.15) is 5.10 Å². The Morgan fingerprint density at radius 3 is 2.83 bits per heavy atom. The Bertz CT molecular complexity index is 903. The summed E-state index contributed by atoms with van der Waals surface area (Å²) in [4.78, 5) is 23.8. The summed E-state index contributed by atoms with van der Waals surface area (Å²) < 4.78 is 19.6. The second-order valence-corrected chi connectivity index (χ2v) is 5.02. The molecule has 1 N–H and O–H groups in total. The van der Waals surface area contributed by atoms with Crippen LogP contribution in [-0.4, -0.2) is 22.2 Å². The molecule has 7 heteroatoms. The first-order valence-corrected chi connectivity index (χ1v) is 7.29. The Labute approximate surface area is 136 Å². The van der Waals surface area contributed by atoms with Crippen LogP contribution in [-0.2, 0) is 6.54 Å². The molecule has 0 fully saturated rings. The van der Waals surface area contributed by atoms with E-state index in [1.807, 2.05) is 0 Å². The SMILES string of the molecule is O=C(NCCn1nc(-c2ccco2)ccc1=O)c1cccc(F)c1. The predicted molar refractivity (Wildman–Crippen MR) is 84.9 cm³/mol. The van der Waals surface area contributed by atoms with Gasteiger partial charge in [-0.25, -0.2) is 9.07 Å². The van der Waals surface area contributed by atoms with Gasteiger partial charge in [-0.1, -0.05) is 6.07 Å². The van der Waals surface area contributed by atoms with E-state index >= 15 is 0 Å². The van der Waals surface area contributed by atoms with Crippen molar-refractivity contribution in [1.82, 2.24) is 15.1 Å². The fourth-order valence-corrected chi connectivity index (χ4v) is 2.17. The summed E-state index contributed by atoms with van der Waals surface area (Å²) in [6.07, 6.45) is 1.52. The molecule has 3 aromatic rings. The van der Waals surface area contributed by atoms with E-state index in [0.717, 1.165) is 6.07 Å². The molecule has 0 aliphatic carbocycles. The van der Waals surface area contributed by atoms with Crippen LogP contribution < -0.4 is 10.9 Å². The van der Waals surface area contributed by atoms with Crippen LogP contribution in [0.2, 0.25) is 0 Å². The molecule has 6 nitrogen and oxygen atoms in total. The number of carbonyl (C=O) groups is 1. The monoisotopic (exact) mass is 327 g/mol. The summed E-state index contributed by atoms with van der Waals surface area (Å²) in [5.41, 5.74) is 0.459. The van der Waals surface area contributed by atoms with Crippen LogP contribution in [0.15, 0.2) is 64.0 Å².